The lowest BCUT2D eigenvalue weighted by atomic mass is 9.97. The van der Waals surface area contributed by atoms with Gasteiger partial charge in [-0.05, 0) is 57.1 Å². The number of carbonyl (C=O) groups is 1. The third-order valence-electron chi connectivity index (χ3n) is 3.67. The number of benzene rings is 1. The average molecular weight is 282 g/mol. The number of carbonyl (C=O) groups excluding carboxylic acids is 1. The third-order valence-corrected chi connectivity index (χ3v) is 4.00. The Bertz CT molecular complexity index is 456. The standard InChI is InChI=1S/C14H20ClN3O/c1-18-6-4-10(5-7-18)9-17-13-8-11(14(16)19)2-3-12(13)15/h2-3,8,10,17H,4-7,9H2,1H3,(H2,16,19). The van der Waals surface area contributed by atoms with Gasteiger partial charge in [-0.3, -0.25) is 4.79 Å². The zero-order chi connectivity index (χ0) is 13.8. The van der Waals surface area contributed by atoms with Gasteiger partial charge in [-0.25, -0.2) is 0 Å². The number of nitrogens with two attached hydrogens (primary N) is 1. The number of amides is 1. The van der Waals surface area contributed by atoms with Crippen LogP contribution in [0, 0.1) is 5.92 Å². The van der Waals surface area contributed by atoms with Gasteiger partial charge in [-0.15, -0.1) is 0 Å². The first kappa shape index (κ1) is 14.2. The van der Waals surface area contributed by atoms with Gasteiger partial charge in [0.05, 0.1) is 10.7 Å². The van der Waals surface area contributed by atoms with Crippen LogP contribution in [-0.2, 0) is 0 Å². The van der Waals surface area contributed by atoms with Crippen LogP contribution in [0.25, 0.3) is 0 Å². The number of primary amides is 1. The van der Waals surface area contributed by atoms with Crippen LogP contribution in [0.5, 0.6) is 0 Å². The van der Waals surface area contributed by atoms with Crippen LogP contribution >= 0.6 is 11.6 Å². The molecule has 2 rings (SSSR count). The summed E-state index contributed by atoms with van der Waals surface area (Å²) in [7, 11) is 2.15. The monoisotopic (exact) mass is 281 g/mol. The Morgan fingerprint density at radius 3 is 2.79 bits per heavy atom. The Morgan fingerprint density at radius 1 is 1.47 bits per heavy atom. The molecule has 0 unspecified atom stereocenters. The molecule has 4 nitrogen and oxygen atoms in total. The zero-order valence-corrected chi connectivity index (χ0v) is 11.9. The number of likely N-dealkylation sites (tertiary alicyclic amines) is 1. The van der Waals surface area contributed by atoms with Gasteiger partial charge >= 0.3 is 0 Å². The minimum atomic E-state index is -0.431. The number of anilines is 1. The van der Waals surface area contributed by atoms with Crippen LogP contribution in [0.1, 0.15) is 23.2 Å². The molecular weight excluding hydrogens is 262 g/mol. The van der Waals surface area contributed by atoms with Crippen molar-refractivity contribution < 1.29 is 4.79 Å². The first-order valence-electron chi connectivity index (χ1n) is 6.58. The van der Waals surface area contributed by atoms with E-state index in [0.29, 0.717) is 16.5 Å². The predicted molar refractivity (Wildman–Crippen MR) is 78.7 cm³/mol. The fourth-order valence-corrected chi connectivity index (χ4v) is 2.52. The molecule has 1 aromatic rings. The van der Waals surface area contributed by atoms with Crippen LogP contribution in [0.2, 0.25) is 5.02 Å². The Morgan fingerprint density at radius 2 is 2.16 bits per heavy atom. The molecule has 0 aromatic heterocycles. The first-order valence-corrected chi connectivity index (χ1v) is 6.96. The molecule has 1 aromatic carbocycles. The third kappa shape index (κ3) is 3.85. The highest BCUT2D eigenvalue weighted by molar-refractivity contribution is 6.33. The van der Waals surface area contributed by atoms with Crippen molar-refractivity contribution >= 4 is 23.2 Å². The van der Waals surface area contributed by atoms with Crippen molar-refractivity contribution in [2.24, 2.45) is 11.7 Å². The number of piperidine rings is 1. The van der Waals surface area contributed by atoms with Crippen LogP contribution in [0.3, 0.4) is 0 Å². The molecule has 1 heterocycles. The number of nitrogens with zero attached hydrogens (tertiary/aromatic N) is 1. The molecule has 0 saturated carbocycles. The van der Waals surface area contributed by atoms with Gasteiger partial charge in [0.1, 0.15) is 0 Å². The summed E-state index contributed by atoms with van der Waals surface area (Å²) in [6.07, 6.45) is 2.38. The Kier molecular flexibility index (Phi) is 4.66. The minimum Gasteiger partial charge on any atom is -0.384 e. The fraction of sp³-hybridized carbons (Fsp3) is 0.500. The van der Waals surface area contributed by atoms with Gasteiger partial charge in [0.2, 0.25) is 5.91 Å². The maximum Gasteiger partial charge on any atom is 0.248 e. The van der Waals surface area contributed by atoms with Gasteiger partial charge in [-0.2, -0.15) is 0 Å². The Balaban J connectivity index is 1.95. The first-order chi connectivity index (χ1) is 9.06. The van der Waals surface area contributed by atoms with Gasteiger partial charge in [-0.1, -0.05) is 11.6 Å². The van der Waals surface area contributed by atoms with Gasteiger partial charge < -0.3 is 16.0 Å². The molecule has 0 atom stereocenters. The smallest absolute Gasteiger partial charge is 0.248 e. The van der Waals surface area contributed by atoms with E-state index in [1.54, 1.807) is 18.2 Å². The number of rotatable bonds is 4. The zero-order valence-electron chi connectivity index (χ0n) is 11.2. The van der Waals surface area contributed by atoms with Crippen molar-refractivity contribution in [2.75, 3.05) is 32.0 Å². The van der Waals surface area contributed by atoms with Crippen LogP contribution in [-0.4, -0.2) is 37.5 Å². The summed E-state index contributed by atoms with van der Waals surface area (Å²) in [5.74, 6) is 0.225. The van der Waals surface area contributed by atoms with Crippen molar-refractivity contribution in [2.45, 2.75) is 12.8 Å². The minimum absolute atomic E-state index is 0.431. The molecule has 1 fully saturated rings. The van der Waals surface area contributed by atoms with E-state index in [1.165, 1.54) is 12.8 Å². The Labute approximate surface area is 118 Å². The van der Waals surface area contributed by atoms with Crippen LogP contribution in [0.15, 0.2) is 18.2 Å². The van der Waals surface area contributed by atoms with Crippen molar-refractivity contribution in [3.8, 4) is 0 Å². The van der Waals surface area contributed by atoms with E-state index in [2.05, 4.69) is 17.3 Å². The lowest BCUT2D eigenvalue weighted by Crippen LogP contribution is -2.33. The molecule has 1 aliphatic heterocycles. The highest BCUT2D eigenvalue weighted by Crippen LogP contribution is 2.24. The van der Waals surface area contributed by atoms with E-state index in [1.807, 2.05) is 0 Å². The second-order valence-corrected chi connectivity index (χ2v) is 5.59. The van der Waals surface area contributed by atoms with E-state index in [-0.39, 0.29) is 0 Å². The fourth-order valence-electron chi connectivity index (χ4n) is 2.33. The number of halogens is 1. The second-order valence-electron chi connectivity index (χ2n) is 5.19. The molecule has 0 aliphatic carbocycles. The summed E-state index contributed by atoms with van der Waals surface area (Å²) in [4.78, 5) is 13.5. The van der Waals surface area contributed by atoms with Gasteiger partial charge in [0.15, 0.2) is 0 Å². The van der Waals surface area contributed by atoms with Gasteiger partial charge in [0.25, 0.3) is 0 Å². The van der Waals surface area contributed by atoms with Crippen molar-refractivity contribution in [3.05, 3.63) is 28.8 Å². The molecule has 3 N–H and O–H groups in total. The van der Waals surface area contributed by atoms with E-state index in [0.717, 1.165) is 25.3 Å². The molecular formula is C14H20ClN3O. The van der Waals surface area contributed by atoms with E-state index in [4.69, 9.17) is 17.3 Å². The lowest BCUT2D eigenvalue weighted by molar-refractivity contribution is 0.100. The summed E-state index contributed by atoms with van der Waals surface area (Å²) >= 11 is 6.12. The predicted octanol–water partition coefficient (Wildman–Crippen LogP) is 2.19. The number of nitrogens with one attached hydrogen (secondary N) is 1. The van der Waals surface area contributed by atoms with E-state index >= 15 is 0 Å². The van der Waals surface area contributed by atoms with Crippen molar-refractivity contribution in [3.63, 3.8) is 0 Å². The van der Waals surface area contributed by atoms with Crippen LogP contribution in [0.4, 0.5) is 5.69 Å². The Hall–Kier alpha value is -1.26. The largest absolute Gasteiger partial charge is 0.384 e. The van der Waals surface area contributed by atoms with E-state index in [9.17, 15) is 4.79 Å². The molecule has 5 heteroatoms. The molecule has 1 aliphatic rings. The molecule has 0 bridgehead atoms. The highest BCUT2D eigenvalue weighted by atomic mass is 35.5. The molecule has 104 valence electrons. The summed E-state index contributed by atoms with van der Waals surface area (Å²) in [5, 5.41) is 3.96. The van der Waals surface area contributed by atoms with E-state index < -0.39 is 5.91 Å². The quantitative estimate of drug-likeness (QED) is 0.889. The topological polar surface area (TPSA) is 58.4 Å². The SMILES string of the molecule is CN1CCC(CNc2cc(C(N)=O)ccc2Cl)CC1. The molecule has 0 radical (unpaired) electrons. The summed E-state index contributed by atoms with van der Waals surface area (Å²) in [6.45, 7) is 3.17. The van der Waals surface area contributed by atoms with Crippen molar-refractivity contribution in [1.82, 2.24) is 4.90 Å². The average Bonchev–Trinajstić information content (AvgIpc) is 2.39. The molecule has 1 saturated heterocycles. The summed E-state index contributed by atoms with van der Waals surface area (Å²) < 4.78 is 0. The summed E-state index contributed by atoms with van der Waals surface area (Å²) in [5.41, 5.74) is 6.54. The normalized spacial score (nSPS) is 17.4. The molecule has 19 heavy (non-hydrogen) atoms. The summed E-state index contributed by atoms with van der Waals surface area (Å²) in [6, 6.07) is 5.07. The number of hydrogen-bond acceptors (Lipinski definition) is 3. The molecule has 0 spiro atoms. The maximum absolute atomic E-state index is 11.2. The highest BCUT2D eigenvalue weighted by Gasteiger charge is 2.16. The van der Waals surface area contributed by atoms with Crippen LogP contribution < -0.4 is 11.1 Å². The second kappa shape index (κ2) is 6.26. The van der Waals surface area contributed by atoms with Gasteiger partial charge in [0, 0.05) is 12.1 Å². The van der Waals surface area contributed by atoms with Crippen molar-refractivity contribution in [1.29, 1.82) is 0 Å². The molecule has 1 amide bonds. The lowest BCUT2D eigenvalue weighted by Gasteiger charge is -2.29. The number of hydrogen-bond donors (Lipinski definition) is 2. The maximum atomic E-state index is 11.2.